The van der Waals surface area contributed by atoms with Crippen molar-refractivity contribution in [3.8, 4) is 12.1 Å². The molecule has 1 saturated heterocycles. The van der Waals surface area contributed by atoms with E-state index in [9.17, 15) is 27.6 Å². The molecule has 1 aromatic carbocycles. The number of nitrogens with zero attached hydrogens (tertiary/aromatic N) is 7. The first kappa shape index (κ1) is 31.5. The third-order valence-corrected chi connectivity index (χ3v) is 8.67. The lowest BCUT2D eigenvalue weighted by molar-refractivity contribution is -0.139. The molecule has 1 amide bonds. The summed E-state index contributed by atoms with van der Waals surface area (Å²) in [5.74, 6) is -1.00. The van der Waals surface area contributed by atoms with E-state index < -0.39 is 29.6 Å². The Balaban J connectivity index is 1.52. The number of amides is 1. The highest BCUT2D eigenvalue weighted by Gasteiger charge is 2.45. The summed E-state index contributed by atoms with van der Waals surface area (Å²) >= 11 is 0. The number of benzene rings is 1. The Morgan fingerprint density at radius 2 is 2.02 bits per heavy atom. The number of fused-ring (bicyclic) bond motifs is 1. The topological polar surface area (TPSA) is 88.8 Å². The lowest BCUT2D eigenvalue weighted by Crippen LogP contribution is -2.55. The molecule has 236 valence electrons. The van der Waals surface area contributed by atoms with Gasteiger partial charge in [-0.25, -0.2) is 4.39 Å². The first-order valence-corrected chi connectivity index (χ1v) is 14.7. The van der Waals surface area contributed by atoms with Crippen LogP contribution >= 0.6 is 0 Å². The van der Waals surface area contributed by atoms with E-state index in [0.717, 1.165) is 31.0 Å². The second-order valence-electron chi connectivity index (χ2n) is 12.3. The van der Waals surface area contributed by atoms with E-state index in [1.807, 2.05) is 19.0 Å². The van der Waals surface area contributed by atoms with Crippen molar-refractivity contribution in [2.45, 2.75) is 57.4 Å². The second-order valence-corrected chi connectivity index (χ2v) is 12.3. The predicted molar refractivity (Wildman–Crippen MR) is 157 cm³/mol. The van der Waals surface area contributed by atoms with Crippen molar-refractivity contribution in [3.05, 3.63) is 53.5 Å². The van der Waals surface area contributed by atoms with Gasteiger partial charge in [0.15, 0.2) is 0 Å². The maximum absolute atomic E-state index is 14.6. The quantitative estimate of drug-likeness (QED) is 0.303. The fraction of sp³-hybridized carbons (Fsp3) is 0.548. The molecule has 2 aromatic rings. The molecule has 3 heterocycles. The monoisotopic (exact) mass is 615 g/mol. The predicted octanol–water partition coefficient (Wildman–Crippen LogP) is 4.42. The minimum absolute atomic E-state index is 0.00566. The number of carbonyl (C=O) groups excluding carboxylic acids is 1. The molecule has 0 spiro atoms. The van der Waals surface area contributed by atoms with E-state index in [1.165, 1.54) is 23.1 Å². The van der Waals surface area contributed by atoms with Crippen LogP contribution < -0.4 is 14.5 Å². The molecule has 44 heavy (non-hydrogen) atoms. The molecule has 0 unspecified atom stereocenters. The first-order valence-electron chi connectivity index (χ1n) is 14.7. The van der Waals surface area contributed by atoms with Crippen molar-refractivity contribution in [1.29, 1.82) is 5.26 Å². The molecule has 3 aliphatic rings. The zero-order chi connectivity index (χ0) is 31.8. The van der Waals surface area contributed by atoms with Gasteiger partial charge in [-0.15, -0.1) is 0 Å². The summed E-state index contributed by atoms with van der Waals surface area (Å²) in [5, 5.41) is 9.48. The van der Waals surface area contributed by atoms with Gasteiger partial charge in [0.25, 0.3) is 0 Å². The van der Waals surface area contributed by atoms with Crippen molar-refractivity contribution in [2.75, 3.05) is 56.7 Å². The molecule has 1 aliphatic carbocycles. The SMILES string of the molecule is C=CC(=O)N1CCN(c2nc(OCC3(CN(C)C)CC3)nc3c2C[C@@H](C)N(c2cccc(F)c2C(F)(F)F)C3)C[C@@H]1CC#N. The van der Waals surface area contributed by atoms with E-state index in [2.05, 4.69) is 17.5 Å². The van der Waals surface area contributed by atoms with E-state index >= 15 is 0 Å². The second kappa shape index (κ2) is 12.2. The van der Waals surface area contributed by atoms with Crippen LogP contribution in [0.5, 0.6) is 6.01 Å². The van der Waals surface area contributed by atoms with E-state index in [0.29, 0.717) is 44.2 Å². The van der Waals surface area contributed by atoms with Gasteiger partial charge in [0.2, 0.25) is 5.91 Å². The summed E-state index contributed by atoms with van der Waals surface area (Å²) in [6.07, 6.45) is -1.22. The summed E-state index contributed by atoms with van der Waals surface area (Å²) in [4.78, 5) is 29.3. The van der Waals surface area contributed by atoms with Gasteiger partial charge >= 0.3 is 12.2 Å². The smallest absolute Gasteiger partial charge is 0.421 e. The number of carbonyl (C=O) groups is 1. The van der Waals surface area contributed by atoms with Crippen molar-refractivity contribution in [3.63, 3.8) is 0 Å². The van der Waals surface area contributed by atoms with Crippen LogP contribution in [-0.2, 0) is 23.9 Å². The highest BCUT2D eigenvalue weighted by Crippen LogP contribution is 2.46. The summed E-state index contributed by atoms with van der Waals surface area (Å²) in [7, 11) is 4.00. The normalized spacial score (nSPS) is 21.1. The number of alkyl halides is 3. The van der Waals surface area contributed by atoms with Gasteiger partial charge in [-0.2, -0.15) is 28.4 Å². The van der Waals surface area contributed by atoms with Crippen LogP contribution in [0.3, 0.4) is 0 Å². The van der Waals surface area contributed by atoms with Crippen LogP contribution in [0.25, 0.3) is 0 Å². The highest BCUT2D eigenvalue weighted by atomic mass is 19.4. The summed E-state index contributed by atoms with van der Waals surface area (Å²) in [5.41, 5.74) is -0.296. The number of hydrogen-bond acceptors (Lipinski definition) is 8. The zero-order valence-corrected chi connectivity index (χ0v) is 25.2. The Hall–Kier alpha value is -3.92. The third kappa shape index (κ3) is 6.45. The fourth-order valence-electron chi connectivity index (χ4n) is 6.39. The number of rotatable bonds is 9. The highest BCUT2D eigenvalue weighted by molar-refractivity contribution is 5.87. The van der Waals surface area contributed by atoms with Crippen molar-refractivity contribution in [1.82, 2.24) is 19.8 Å². The number of aromatic nitrogens is 2. The molecule has 2 fully saturated rings. The van der Waals surface area contributed by atoms with Gasteiger partial charge in [0.1, 0.15) is 17.2 Å². The lowest BCUT2D eigenvalue weighted by Gasteiger charge is -2.43. The minimum atomic E-state index is -4.88. The Morgan fingerprint density at radius 1 is 1.27 bits per heavy atom. The molecule has 2 aliphatic heterocycles. The molecular formula is C31H37F4N7O2. The van der Waals surface area contributed by atoms with Gasteiger partial charge in [-0.05, 0) is 58.5 Å². The van der Waals surface area contributed by atoms with Crippen molar-refractivity contribution >= 4 is 17.4 Å². The number of hydrogen-bond donors (Lipinski definition) is 0. The number of nitriles is 1. The van der Waals surface area contributed by atoms with E-state index in [-0.39, 0.29) is 36.0 Å². The van der Waals surface area contributed by atoms with Crippen LogP contribution in [0.15, 0.2) is 30.9 Å². The minimum Gasteiger partial charge on any atom is -0.463 e. The van der Waals surface area contributed by atoms with Crippen LogP contribution in [0.4, 0.5) is 29.1 Å². The Bertz CT molecular complexity index is 1450. The zero-order valence-electron chi connectivity index (χ0n) is 25.2. The fourth-order valence-corrected chi connectivity index (χ4v) is 6.39. The number of ether oxygens (including phenoxy) is 1. The summed E-state index contributed by atoms with van der Waals surface area (Å²) < 4.78 is 62.7. The average molecular weight is 616 g/mol. The Labute approximate surface area is 254 Å². The molecule has 1 aromatic heterocycles. The van der Waals surface area contributed by atoms with Gasteiger partial charge < -0.3 is 24.3 Å². The van der Waals surface area contributed by atoms with Crippen LogP contribution in [-0.4, -0.2) is 84.6 Å². The summed E-state index contributed by atoms with van der Waals surface area (Å²) in [6.45, 7) is 7.70. The van der Waals surface area contributed by atoms with Crippen LogP contribution in [0.2, 0.25) is 0 Å². The molecule has 1 saturated carbocycles. The van der Waals surface area contributed by atoms with Crippen LogP contribution in [0.1, 0.15) is 43.0 Å². The maximum atomic E-state index is 14.6. The van der Waals surface area contributed by atoms with Gasteiger partial charge in [0, 0.05) is 43.2 Å². The van der Waals surface area contributed by atoms with Gasteiger partial charge in [-0.1, -0.05) is 12.6 Å². The van der Waals surface area contributed by atoms with Crippen LogP contribution in [0, 0.1) is 22.6 Å². The Kier molecular flexibility index (Phi) is 8.75. The van der Waals surface area contributed by atoms with Crippen molar-refractivity contribution < 1.29 is 27.1 Å². The largest absolute Gasteiger partial charge is 0.463 e. The number of anilines is 2. The Morgan fingerprint density at radius 3 is 2.66 bits per heavy atom. The van der Waals surface area contributed by atoms with Gasteiger partial charge in [0.05, 0.1) is 43.1 Å². The first-order chi connectivity index (χ1) is 20.9. The molecular weight excluding hydrogens is 578 g/mol. The molecule has 2 atom stereocenters. The lowest BCUT2D eigenvalue weighted by atomic mass is 9.96. The molecule has 0 bridgehead atoms. The molecule has 5 rings (SSSR count). The van der Waals surface area contributed by atoms with E-state index in [4.69, 9.17) is 14.7 Å². The average Bonchev–Trinajstić information content (AvgIpc) is 3.73. The van der Waals surface area contributed by atoms with Gasteiger partial charge in [-0.3, -0.25) is 4.79 Å². The number of halogens is 4. The maximum Gasteiger partial charge on any atom is 0.421 e. The third-order valence-electron chi connectivity index (χ3n) is 8.67. The molecule has 9 nitrogen and oxygen atoms in total. The molecule has 0 N–H and O–H groups in total. The molecule has 0 radical (unpaired) electrons. The van der Waals surface area contributed by atoms with Crippen molar-refractivity contribution in [2.24, 2.45) is 5.41 Å². The molecule has 13 heteroatoms. The number of piperazine rings is 1. The van der Waals surface area contributed by atoms with E-state index in [1.54, 1.807) is 11.8 Å². The summed E-state index contributed by atoms with van der Waals surface area (Å²) in [6, 6.07) is 4.82. The standard InChI is InChI=1S/C31H37F4N7O2/c1-5-26(43)41-14-13-40(16-21(41)9-12-36)28-22-15-20(2)42(25-8-6-7-23(32)27(25)31(33,34)35)17-24(22)37-29(38-28)44-19-30(10-11-30)18-39(3)4/h5-8,20-21H,1,9-11,13-19H2,2-4H3/t20-,21+/m1/s1.